The van der Waals surface area contributed by atoms with Gasteiger partial charge in [0.2, 0.25) is 0 Å². The molecule has 1 saturated heterocycles. The lowest BCUT2D eigenvalue weighted by atomic mass is 9.99. The fourth-order valence-corrected chi connectivity index (χ4v) is 4.60. The number of rotatable bonds is 8. The molecule has 4 rings (SSSR count). The van der Waals surface area contributed by atoms with Crippen LogP contribution in [0.1, 0.15) is 27.0 Å². The van der Waals surface area contributed by atoms with Gasteiger partial charge in [-0.25, -0.2) is 0 Å². The van der Waals surface area contributed by atoms with Gasteiger partial charge in [0, 0.05) is 48.8 Å². The van der Waals surface area contributed by atoms with E-state index in [-0.39, 0.29) is 25.7 Å². The van der Waals surface area contributed by atoms with Crippen LogP contribution in [0.25, 0.3) is 10.9 Å². The van der Waals surface area contributed by atoms with Crippen molar-refractivity contribution < 1.29 is 36.0 Å². The Kier molecular flexibility index (Phi) is 8.62. The molecule has 1 aromatic heterocycles. The lowest BCUT2D eigenvalue weighted by Crippen LogP contribution is -2.55. The number of amides is 1. The van der Waals surface area contributed by atoms with E-state index in [0.717, 1.165) is 16.5 Å². The van der Waals surface area contributed by atoms with Crippen LogP contribution < -0.4 is 0 Å². The number of nitrogens with one attached hydrogen (secondary N) is 1. The number of para-hydroxylation sites is 1. The lowest BCUT2D eigenvalue weighted by molar-refractivity contribution is -0.143. The summed E-state index contributed by atoms with van der Waals surface area (Å²) in [6, 6.07) is 7.90. The fraction of sp³-hybridized carbons (Fsp3) is 0.407. The second-order valence-corrected chi connectivity index (χ2v) is 9.86. The largest absolute Gasteiger partial charge is 0.416 e. The third-order valence-corrected chi connectivity index (χ3v) is 6.65. The highest BCUT2D eigenvalue weighted by Crippen LogP contribution is 2.37. The van der Waals surface area contributed by atoms with Crippen LogP contribution >= 0.6 is 0 Å². The first kappa shape index (κ1) is 29.2. The summed E-state index contributed by atoms with van der Waals surface area (Å²) in [6.45, 7) is 1.59. The molecule has 0 saturated carbocycles. The highest BCUT2D eigenvalue weighted by Gasteiger charge is 2.39. The maximum Gasteiger partial charge on any atom is 0.416 e. The number of carbonyl (C=O) groups is 1. The van der Waals surface area contributed by atoms with E-state index in [1.807, 2.05) is 48.2 Å². The van der Waals surface area contributed by atoms with Crippen LogP contribution in [-0.2, 0) is 23.6 Å². The summed E-state index contributed by atoms with van der Waals surface area (Å²) >= 11 is 0. The summed E-state index contributed by atoms with van der Waals surface area (Å²) in [5.74, 6) is -0.903. The standard InChI is InChI=1S/C27H29F6N5O2/c1-36(2)9-10-40-35-17-37-7-8-38(22(16-37)13-19-15-34-24-6-4-3-5-23(19)24)25(39)18-11-20(26(28,29)30)14-21(12-18)27(31,32)33/h3-6,11-12,14-15,17,22,34H,7-10,13,16H2,1-2H3/t22-/m1/s1. The smallest absolute Gasteiger partial charge is 0.393 e. The number of carbonyl (C=O) groups excluding carboxylic acids is 1. The third kappa shape index (κ3) is 7.06. The van der Waals surface area contributed by atoms with Gasteiger partial charge in [-0.15, -0.1) is 0 Å². The molecule has 1 atom stereocenters. The molecule has 1 aliphatic heterocycles. The number of aromatic nitrogens is 1. The van der Waals surface area contributed by atoms with E-state index in [4.69, 9.17) is 4.84 Å². The molecule has 1 fully saturated rings. The number of nitrogens with zero attached hydrogens (tertiary/aromatic N) is 4. The Morgan fingerprint density at radius 2 is 1.75 bits per heavy atom. The number of H-pyrrole nitrogens is 1. The first-order valence-electron chi connectivity index (χ1n) is 12.5. The molecule has 40 heavy (non-hydrogen) atoms. The van der Waals surface area contributed by atoms with Crippen molar-refractivity contribution in [1.29, 1.82) is 0 Å². The summed E-state index contributed by atoms with van der Waals surface area (Å²) in [5, 5.41) is 4.88. The van der Waals surface area contributed by atoms with Gasteiger partial charge in [-0.3, -0.25) is 4.79 Å². The van der Waals surface area contributed by atoms with Crippen molar-refractivity contribution in [1.82, 2.24) is 19.7 Å². The first-order valence-corrected chi connectivity index (χ1v) is 12.5. The predicted molar refractivity (Wildman–Crippen MR) is 138 cm³/mol. The second-order valence-electron chi connectivity index (χ2n) is 9.86. The molecule has 0 spiro atoms. The first-order chi connectivity index (χ1) is 18.8. The molecule has 3 aromatic rings. The predicted octanol–water partition coefficient (Wildman–Crippen LogP) is 5.10. The van der Waals surface area contributed by atoms with Crippen LogP contribution in [0.4, 0.5) is 26.3 Å². The van der Waals surface area contributed by atoms with E-state index in [0.29, 0.717) is 31.7 Å². The number of alkyl halides is 6. The molecule has 7 nitrogen and oxygen atoms in total. The lowest BCUT2D eigenvalue weighted by Gasteiger charge is -2.41. The van der Waals surface area contributed by atoms with Crippen LogP contribution in [0.2, 0.25) is 0 Å². The van der Waals surface area contributed by atoms with Gasteiger partial charge in [-0.2, -0.15) is 26.3 Å². The topological polar surface area (TPSA) is 64.2 Å². The average Bonchev–Trinajstić information content (AvgIpc) is 3.29. The monoisotopic (exact) mass is 569 g/mol. The van der Waals surface area contributed by atoms with Gasteiger partial charge in [0.05, 0.1) is 17.2 Å². The van der Waals surface area contributed by atoms with Crippen molar-refractivity contribution in [3.05, 3.63) is 70.9 Å². The molecule has 0 bridgehead atoms. The van der Waals surface area contributed by atoms with E-state index in [1.54, 1.807) is 6.20 Å². The highest BCUT2D eigenvalue weighted by atomic mass is 19.4. The van der Waals surface area contributed by atoms with Crippen molar-refractivity contribution in [3.63, 3.8) is 0 Å². The highest BCUT2D eigenvalue weighted by molar-refractivity contribution is 5.95. The van der Waals surface area contributed by atoms with E-state index < -0.39 is 41.0 Å². The number of oxime groups is 1. The van der Waals surface area contributed by atoms with Crippen molar-refractivity contribution in [3.8, 4) is 0 Å². The van der Waals surface area contributed by atoms with Gasteiger partial charge in [0.15, 0.2) is 0 Å². The summed E-state index contributed by atoms with van der Waals surface area (Å²) in [5.41, 5.74) is -2.00. The molecule has 1 amide bonds. The number of fused-ring (bicyclic) bond motifs is 1. The molecule has 2 aromatic carbocycles. The Hall–Kier alpha value is -3.74. The number of halogens is 6. The van der Waals surface area contributed by atoms with Crippen LogP contribution in [0.3, 0.4) is 0 Å². The Bertz CT molecular complexity index is 1320. The maximum absolute atomic E-state index is 13.5. The molecule has 0 unspecified atom stereocenters. The molecular weight excluding hydrogens is 540 g/mol. The van der Waals surface area contributed by atoms with E-state index >= 15 is 0 Å². The van der Waals surface area contributed by atoms with Crippen molar-refractivity contribution in [2.75, 3.05) is 46.9 Å². The Balaban J connectivity index is 1.63. The number of hydrogen-bond donors (Lipinski definition) is 1. The maximum atomic E-state index is 13.5. The van der Waals surface area contributed by atoms with Crippen LogP contribution in [-0.4, -0.2) is 84.9 Å². The summed E-state index contributed by atoms with van der Waals surface area (Å²) in [6.07, 6.45) is -6.52. The number of benzene rings is 2. The number of aromatic amines is 1. The number of piperazine rings is 1. The molecule has 1 aliphatic rings. The van der Waals surface area contributed by atoms with Gasteiger partial charge >= 0.3 is 12.4 Å². The van der Waals surface area contributed by atoms with Gasteiger partial charge in [0.25, 0.3) is 5.91 Å². The van der Waals surface area contributed by atoms with Crippen molar-refractivity contribution >= 4 is 23.1 Å². The van der Waals surface area contributed by atoms with Gasteiger partial charge in [0.1, 0.15) is 12.9 Å². The van der Waals surface area contributed by atoms with Gasteiger partial charge in [-0.1, -0.05) is 23.4 Å². The molecule has 0 radical (unpaired) electrons. The zero-order valence-electron chi connectivity index (χ0n) is 21.9. The second kappa shape index (κ2) is 11.8. The summed E-state index contributed by atoms with van der Waals surface area (Å²) in [7, 11) is 3.78. The van der Waals surface area contributed by atoms with E-state index in [1.165, 1.54) is 11.2 Å². The zero-order valence-corrected chi connectivity index (χ0v) is 21.9. The van der Waals surface area contributed by atoms with Gasteiger partial charge < -0.3 is 24.5 Å². The van der Waals surface area contributed by atoms with Crippen LogP contribution in [0.5, 0.6) is 0 Å². The van der Waals surface area contributed by atoms with Crippen molar-refractivity contribution in [2.45, 2.75) is 24.8 Å². The normalized spacial score (nSPS) is 16.9. The van der Waals surface area contributed by atoms with E-state index in [9.17, 15) is 31.1 Å². The van der Waals surface area contributed by atoms with Gasteiger partial charge in [-0.05, 0) is 50.3 Å². The number of likely N-dealkylation sites (N-methyl/N-ethyl adjacent to an activating group) is 1. The van der Waals surface area contributed by atoms with Crippen molar-refractivity contribution in [2.24, 2.45) is 5.16 Å². The van der Waals surface area contributed by atoms with Crippen LogP contribution in [0, 0.1) is 0 Å². The SMILES string of the molecule is CN(C)CCON=CN1CCN(C(=O)c2cc(C(F)(F)F)cc(C(F)(F)F)c2)[C@H](Cc2c[nH]c3ccccc23)C1. The Morgan fingerprint density at radius 3 is 2.40 bits per heavy atom. The average molecular weight is 570 g/mol. The molecule has 0 aliphatic carbocycles. The Morgan fingerprint density at radius 1 is 1.07 bits per heavy atom. The minimum atomic E-state index is -5.05. The molecule has 216 valence electrons. The quantitative estimate of drug-likeness (QED) is 0.135. The fourth-order valence-electron chi connectivity index (χ4n) is 4.60. The molecular formula is C27H29F6N5O2. The molecule has 13 heteroatoms. The summed E-state index contributed by atoms with van der Waals surface area (Å²) in [4.78, 5) is 27.0. The third-order valence-electron chi connectivity index (χ3n) is 6.65. The molecule has 2 heterocycles. The minimum Gasteiger partial charge on any atom is -0.393 e. The van der Waals surface area contributed by atoms with Crippen LogP contribution in [0.15, 0.2) is 53.8 Å². The minimum absolute atomic E-state index is 0.0188. The zero-order chi connectivity index (χ0) is 29.1. The summed E-state index contributed by atoms with van der Waals surface area (Å²) < 4.78 is 80.7. The number of hydrogen-bond acceptors (Lipinski definition) is 4. The molecule has 1 N–H and O–H groups in total. The van der Waals surface area contributed by atoms with E-state index in [2.05, 4.69) is 10.1 Å². The Labute approximate surface area is 227 Å².